The van der Waals surface area contributed by atoms with Gasteiger partial charge in [-0.05, 0) is 31.3 Å². The molecule has 0 bridgehead atoms. The summed E-state index contributed by atoms with van der Waals surface area (Å²) in [5.74, 6) is 0.705. The van der Waals surface area contributed by atoms with Gasteiger partial charge in [0.1, 0.15) is 0 Å². The molecule has 0 aliphatic carbocycles. The summed E-state index contributed by atoms with van der Waals surface area (Å²) in [5.41, 5.74) is 2.17. The highest BCUT2D eigenvalue weighted by molar-refractivity contribution is 7.71. The smallest absolute Gasteiger partial charge is 0.216 e. The number of benzene rings is 1. The van der Waals surface area contributed by atoms with E-state index in [1.165, 1.54) is 10.6 Å². The zero-order valence-corrected chi connectivity index (χ0v) is 16.0. The number of aromatic nitrogens is 3. The Morgan fingerprint density at radius 2 is 1.96 bits per heavy atom. The summed E-state index contributed by atoms with van der Waals surface area (Å²) in [6.07, 6.45) is 1.83. The first kappa shape index (κ1) is 17.1. The van der Waals surface area contributed by atoms with Crippen molar-refractivity contribution < 1.29 is 4.74 Å². The maximum Gasteiger partial charge on any atom is 0.216 e. The van der Waals surface area contributed by atoms with E-state index in [1.807, 2.05) is 18.3 Å². The van der Waals surface area contributed by atoms with Crippen molar-refractivity contribution in [3.8, 4) is 11.4 Å². The normalized spacial score (nSPS) is 15.0. The molecule has 8 heteroatoms. The summed E-state index contributed by atoms with van der Waals surface area (Å²) in [4.78, 5) is 3.41. The van der Waals surface area contributed by atoms with E-state index in [0.717, 1.165) is 36.7 Å². The molecule has 0 unspecified atom stereocenters. The minimum Gasteiger partial charge on any atom is -0.378 e. The fourth-order valence-electron chi connectivity index (χ4n) is 2.77. The Labute approximate surface area is 160 Å². The van der Waals surface area contributed by atoms with Gasteiger partial charge in [0.15, 0.2) is 5.82 Å². The summed E-state index contributed by atoms with van der Waals surface area (Å²) in [6, 6.07) is 12.4. The molecule has 3 aromatic rings. The lowest BCUT2D eigenvalue weighted by molar-refractivity contribution is 0.123. The highest BCUT2D eigenvalue weighted by Gasteiger charge is 2.13. The second-order valence-corrected chi connectivity index (χ2v) is 7.53. The first-order chi connectivity index (χ1) is 12.7. The SMILES string of the molecule is Cc1ccc(-c2n[nH]c(=S)n2/N=C/c2ccc(N3CCOCC3)s2)cc1. The fraction of sp³-hybridized carbons (Fsp3) is 0.278. The van der Waals surface area contributed by atoms with E-state index < -0.39 is 0 Å². The maximum absolute atomic E-state index is 5.41. The van der Waals surface area contributed by atoms with Crippen LogP contribution in [0.25, 0.3) is 11.4 Å². The largest absolute Gasteiger partial charge is 0.378 e. The van der Waals surface area contributed by atoms with Crippen molar-refractivity contribution >= 4 is 34.8 Å². The predicted molar refractivity (Wildman–Crippen MR) is 108 cm³/mol. The van der Waals surface area contributed by atoms with Crippen molar-refractivity contribution in [1.82, 2.24) is 14.9 Å². The van der Waals surface area contributed by atoms with E-state index in [9.17, 15) is 0 Å². The van der Waals surface area contributed by atoms with E-state index in [2.05, 4.69) is 51.4 Å². The van der Waals surface area contributed by atoms with Gasteiger partial charge in [-0.1, -0.05) is 29.8 Å². The van der Waals surface area contributed by atoms with Crippen molar-refractivity contribution in [3.05, 3.63) is 51.6 Å². The van der Waals surface area contributed by atoms with Crippen LogP contribution in [-0.2, 0) is 4.74 Å². The molecule has 0 radical (unpaired) electrons. The van der Waals surface area contributed by atoms with Gasteiger partial charge >= 0.3 is 0 Å². The Hall–Kier alpha value is -2.29. The lowest BCUT2D eigenvalue weighted by Crippen LogP contribution is -2.35. The van der Waals surface area contributed by atoms with Crippen LogP contribution in [0.3, 0.4) is 0 Å². The number of H-pyrrole nitrogens is 1. The van der Waals surface area contributed by atoms with Gasteiger partial charge in [0.05, 0.1) is 24.4 Å². The van der Waals surface area contributed by atoms with Gasteiger partial charge in [-0.25, -0.2) is 5.10 Å². The van der Waals surface area contributed by atoms with Crippen molar-refractivity contribution in [3.63, 3.8) is 0 Å². The highest BCUT2D eigenvalue weighted by atomic mass is 32.1. The molecule has 1 aliphatic rings. The molecule has 6 nitrogen and oxygen atoms in total. The van der Waals surface area contributed by atoms with Crippen LogP contribution in [0.5, 0.6) is 0 Å². The van der Waals surface area contributed by atoms with Crippen LogP contribution in [-0.4, -0.2) is 47.4 Å². The van der Waals surface area contributed by atoms with E-state index in [1.54, 1.807) is 16.0 Å². The minimum atomic E-state index is 0.474. The van der Waals surface area contributed by atoms with Gasteiger partial charge < -0.3 is 9.64 Å². The number of thiophene rings is 1. The summed E-state index contributed by atoms with van der Waals surface area (Å²) in [5, 5.41) is 12.9. The van der Waals surface area contributed by atoms with Crippen LogP contribution in [0, 0.1) is 11.7 Å². The molecule has 0 saturated carbocycles. The monoisotopic (exact) mass is 385 g/mol. The first-order valence-electron chi connectivity index (χ1n) is 8.42. The number of ether oxygens (including phenoxy) is 1. The Kier molecular flexibility index (Phi) is 4.96. The number of aromatic amines is 1. The van der Waals surface area contributed by atoms with Gasteiger partial charge in [0.25, 0.3) is 0 Å². The molecule has 134 valence electrons. The Morgan fingerprint density at radius 1 is 1.19 bits per heavy atom. The van der Waals surface area contributed by atoms with Crippen molar-refractivity contribution in [2.24, 2.45) is 5.10 Å². The van der Waals surface area contributed by atoms with Crippen LogP contribution in [0.15, 0.2) is 41.5 Å². The Balaban J connectivity index is 1.58. The number of rotatable bonds is 4. The number of anilines is 1. The van der Waals surface area contributed by atoms with Gasteiger partial charge in [0.2, 0.25) is 4.77 Å². The molecule has 0 atom stereocenters. The number of hydrogen-bond acceptors (Lipinski definition) is 6. The van der Waals surface area contributed by atoms with E-state index >= 15 is 0 Å². The third kappa shape index (κ3) is 3.62. The van der Waals surface area contributed by atoms with Gasteiger partial charge in [-0.3, -0.25) is 0 Å². The average molecular weight is 386 g/mol. The zero-order valence-electron chi connectivity index (χ0n) is 14.4. The molecule has 2 aromatic heterocycles. The summed E-state index contributed by atoms with van der Waals surface area (Å²) < 4.78 is 7.55. The van der Waals surface area contributed by atoms with E-state index in [0.29, 0.717) is 10.6 Å². The molecule has 26 heavy (non-hydrogen) atoms. The number of nitrogens with one attached hydrogen (secondary N) is 1. The molecule has 3 heterocycles. The highest BCUT2D eigenvalue weighted by Crippen LogP contribution is 2.26. The molecule has 1 aliphatic heterocycles. The minimum absolute atomic E-state index is 0.474. The third-order valence-corrected chi connectivity index (χ3v) is 5.54. The van der Waals surface area contributed by atoms with Gasteiger partial charge in [-0.2, -0.15) is 14.9 Å². The van der Waals surface area contributed by atoms with Gasteiger partial charge in [0, 0.05) is 23.5 Å². The Bertz CT molecular complexity index is 964. The molecule has 0 amide bonds. The Morgan fingerprint density at radius 3 is 2.73 bits per heavy atom. The molecule has 1 aromatic carbocycles. The standard InChI is InChI=1S/C18H19N5OS2/c1-13-2-4-14(5-3-13)17-20-21-18(25)23(17)19-12-15-6-7-16(26-15)22-8-10-24-11-9-22/h2-7,12H,8-11H2,1H3,(H,21,25)/b19-12+. The maximum atomic E-state index is 5.41. The fourth-order valence-corrected chi connectivity index (χ4v) is 3.87. The number of hydrogen-bond donors (Lipinski definition) is 1. The van der Waals surface area contributed by atoms with Crippen LogP contribution in [0.4, 0.5) is 5.00 Å². The van der Waals surface area contributed by atoms with Crippen molar-refractivity contribution in [2.45, 2.75) is 6.92 Å². The second kappa shape index (κ2) is 7.53. The van der Waals surface area contributed by atoms with Crippen molar-refractivity contribution in [1.29, 1.82) is 0 Å². The molecule has 0 spiro atoms. The topological polar surface area (TPSA) is 58.4 Å². The summed E-state index contributed by atoms with van der Waals surface area (Å²) in [6.45, 7) is 5.49. The second-order valence-electron chi connectivity index (χ2n) is 6.05. The molecule has 1 fully saturated rings. The number of aryl methyl sites for hydroxylation is 1. The van der Waals surface area contributed by atoms with Crippen molar-refractivity contribution in [2.75, 3.05) is 31.2 Å². The molecule has 4 rings (SSSR count). The quantitative estimate of drug-likeness (QED) is 0.550. The van der Waals surface area contributed by atoms with Crippen LogP contribution in [0.2, 0.25) is 0 Å². The molecular weight excluding hydrogens is 366 g/mol. The van der Waals surface area contributed by atoms with Crippen LogP contribution in [0.1, 0.15) is 10.4 Å². The third-order valence-electron chi connectivity index (χ3n) is 4.20. The van der Waals surface area contributed by atoms with E-state index in [-0.39, 0.29) is 0 Å². The number of nitrogens with zero attached hydrogens (tertiary/aromatic N) is 4. The van der Waals surface area contributed by atoms with Crippen LogP contribution >= 0.6 is 23.6 Å². The summed E-state index contributed by atoms with van der Waals surface area (Å²) >= 11 is 7.05. The first-order valence-corrected chi connectivity index (χ1v) is 9.64. The summed E-state index contributed by atoms with van der Waals surface area (Å²) in [7, 11) is 0. The van der Waals surface area contributed by atoms with Gasteiger partial charge in [-0.15, -0.1) is 11.3 Å². The number of morpholine rings is 1. The zero-order chi connectivity index (χ0) is 17.9. The van der Waals surface area contributed by atoms with E-state index in [4.69, 9.17) is 17.0 Å². The predicted octanol–water partition coefficient (Wildman–Crippen LogP) is 3.70. The lowest BCUT2D eigenvalue weighted by Gasteiger charge is -2.27. The molecule has 1 N–H and O–H groups in total. The molecule has 1 saturated heterocycles. The molecular formula is C18H19N5OS2. The average Bonchev–Trinajstić information content (AvgIpc) is 3.28. The lowest BCUT2D eigenvalue weighted by atomic mass is 10.1. The van der Waals surface area contributed by atoms with Crippen LogP contribution < -0.4 is 4.90 Å².